The Kier molecular flexibility index (Phi) is 9.20. The third kappa shape index (κ3) is 6.16. The molecule has 1 aromatic rings. The van der Waals surface area contributed by atoms with Crippen LogP contribution in [0.1, 0.15) is 30.5 Å². The van der Waals surface area contributed by atoms with Gasteiger partial charge in [-0.2, -0.15) is 0 Å². The van der Waals surface area contributed by atoms with Gasteiger partial charge in [-0.15, -0.1) is 12.4 Å². The van der Waals surface area contributed by atoms with Crippen LogP contribution in [0.2, 0.25) is 0 Å². The molecule has 1 unspecified atom stereocenters. The summed E-state index contributed by atoms with van der Waals surface area (Å²) < 4.78 is 4.94. The van der Waals surface area contributed by atoms with E-state index in [1.54, 1.807) is 18.2 Å². The number of hydrogen-bond acceptors (Lipinski definition) is 4. The molecule has 1 aromatic carbocycles. The first-order chi connectivity index (χ1) is 11.6. The molecule has 2 amide bonds. The molecule has 0 spiro atoms. The molecule has 0 bridgehead atoms. The molecule has 138 valence electrons. The number of benzene rings is 1. The summed E-state index contributed by atoms with van der Waals surface area (Å²) in [4.78, 5) is 25.8. The highest BCUT2D eigenvalue weighted by Gasteiger charge is 2.27. The second kappa shape index (κ2) is 10.9. The number of fused-ring (bicyclic) bond motifs is 1. The van der Waals surface area contributed by atoms with Crippen molar-refractivity contribution >= 4 is 30.3 Å². The van der Waals surface area contributed by atoms with Crippen LogP contribution in [-0.4, -0.2) is 50.1 Å². The Bertz CT molecular complexity index is 607. The molecule has 0 saturated heterocycles. The highest BCUT2D eigenvalue weighted by Crippen LogP contribution is 2.32. The van der Waals surface area contributed by atoms with Crippen molar-refractivity contribution in [2.75, 3.05) is 33.4 Å². The molecule has 0 saturated carbocycles. The maximum atomic E-state index is 12.3. The SMILES string of the molecule is COCCNCCNC(=O)CC1c2ccccc2C=CN1C(C)=O.Cl. The Labute approximate surface area is 155 Å². The van der Waals surface area contributed by atoms with Crippen molar-refractivity contribution < 1.29 is 14.3 Å². The topological polar surface area (TPSA) is 70.7 Å². The van der Waals surface area contributed by atoms with E-state index in [1.807, 2.05) is 30.3 Å². The molecule has 25 heavy (non-hydrogen) atoms. The van der Waals surface area contributed by atoms with Crippen LogP contribution >= 0.6 is 12.4 Å². The van der Waals surface area contributed by atoms with Gasteiger partial charge in [-0.05, 0) is 17.2 Å². The molecular weight excluding hydrogens is 342 g/mol. The molecule has 1 atom stereocenters. The van der Waals surface area contributed by atoms with Gasteiger partial charge in [0.2, 0.25) is 11.8 Å². The Hall–Kier alpha value is -1.89. The third-order valence-corrected chi connectivity index (χ3v) is 3.95. The summed E-state index contributed by atoms with van der Waals surface area (Å²) in [6.07, 6.45) is 3.92. The lowest BCUT2D eigenvalue weighted by Gasteiger charge is -2.32. The summed E-state index contributed by atoms with van der Waals surface area (Å²) in [7, 11) is 1.65. The lowest BCUT2D eigenvalue weighted by molar-refractivity contribution is -0.129. The van der Waals surface area contributed by atoms with Gasteiger partial charge in [0, 0.05) is 39.9 Å². The van der Waals surface area contributed by atoms with E-state index in [-0.39, 0.29) is 36.7 Å². The molecule has 0 aliphatic carbocycles. The largest absolute Gasteiger partial charge is 0.383 e. The van der Waals surface area contributed by atoms with Crippen molar-refractivity contribution in [3.05, 3.63) is 41.6 Å². The number of carbonyl (C=O) groups excluding carboxylic acids is 2. The fourth-order valence-corrected chi connectivity index (χ4v) is 2.75. The van der Waals surface area contributed by atoms with Gasteiger partial charge in [0.15, 0.2) is 0 Å². The van der Waals surface area contributed by atoms with Crippen LogP contribution < -0.4 is 10.6 Å². The van der Waals surface area contributed by atoms with Gasteiger partial charge >= 0.3 is 0 Å². The summed E-state index contributed by atoms with van der Waals surface area (Å²) in [6, 6.07) is 7.59. The van der Waals surface area contributed by atoms with Crippen LogP contribution in [0.15, 0.2) is 30.5 Å². The van der Waals surface area contributed by atoms with Crippen molar-refractivity contribution in [1.29, 1.82) is 0 Å². The molecule has 1 aliphatic heterocycles. The molecule has 6 nitrogen and oxygen atoms in total. The fraction of sp³-hybridized carbons (Fsp3) is 0.444. The van der Waals surface area contributed by atoms with Gasteiger partial charge in [-0.1, -0.05) is 24.3 Å². The molecular formula is C18H26ClN3O3. The van der Waals surface area contributed by atoms with Crippen molar-refractivity contribution in [2.24, 2.45) is 0 Å². The summed E-state index contributed by atoms with van der Waals surface area (Å²) in [5.41, 5.74) is 2.05. The van der Waals surface area contributed by atoms with Crippen molar-refractivity contribution in [1.82, 2.24) is 15.5 Å². The standard InChI is InChI=1S/C18H25N3O3.ClH/c1-14(22)21-11-7-15-5-3-4-6-16(15)17(21)13-18(23)20-9-8-19-10-12-24-2;/h3-7,11,17,19H,8-10,12-13H2,1-2H3,(H,20,23);1H. The second-order valence-electron chi connectivity index (χ2n) is 5.68. The lowest BCUT2D eigenvalue weighted by Crippen LogP contribution is -2.37. The molecule has 0 aromatic heterocycles. The summed E-state index contributed by atoms with van der Waals surface area (Å²) in [5.74, 6) is -0.135. The second-order valence-corrected chi connectivity index (χ2v) is 5.68. The number of ether oxygens (including phenoxy) is 1. The van der Waals surface area contributed by atoms with Crippen molar-refractivity contribution in [3.63, 3.8) is 0 Å². The maximum Gasteiger partial charge on any atom is 0.223 e. The Balaban J connectivity index is 0.00000312. The zero-order valence-corrected chi connectivity index (χ0v) is 15.5. The molecule has 0 fully saturated rings. The smallest absolute Gasteiger partial charge is 0.223 e. The number of nitrogens with zero attached hydrogens (tertiary/aromatic N) is 1. The lowest BCUT2D eigenvalue weighted by atomic mass is 9.93. The highest BCUT2D eigenvalue weighted by molar-refractivity contribution is 5.85. The highest BCUT2D eigenvalue weighted by atomic mass is 35.5. The average molecular weight is 368 g/mol. The van der Waals surface area contributed by atoms with E-state index in [9.17, 15) is 9.59 Å². The van der Waals surface area contributed by atoms with Crippen molar-refractivity contribution in [2.45, 2.75) is 19.4 Å². The van der Waals surface area contributed by atoms with Crippen LogP contribution in [0.5, 0.6) is 0 Å². The number of methoxy groups -OCH3 is 1. The number of rotatable bonds is 8. The average Bonchev–Trinajstić information content (AvgIpc) is 2.58. The van der Waals surface area contributed by atoms with Crippen LogP contribution in [-0.2, 0) is 14.3 Å². The van der Waals surface area contributed by atoms with Gasteiger partial charge in [-0.3, -0.25) is 9.59 Å². The summed E-state index contributed by atoms with van der Waals surface area (Å²) in [6.45, 7) is 4.15. The molecule has 7 heteroatoms. The predicted molar refractivity (Wildman–Crippen MR) is 100 cm³/mol. The number of hydrogen-bond donors (Lipinski definition) is 2. The van der Waals surface area contributed by atoms with Gasteiger partial charge in [0.05, 0.1) is 19.1 Å². The summed E-state index contributed by atoms with van der Waals surface area (Å²) >= 11 is 0. The first kappa shape index (κ1) is 21.2. The molecule has 1 heterocycles. The van der Waals surface area contributed by atoms with E-state index in [2.05, 4.69) is 10.6 Å². The fourth-order valence-electron chi connectivity index (χ4n) is 2.75. The van der Waals surface area contributed by atoms with E-state index >= 15 is 0 Å². The minimum Gasteiger partial charge on any atom is -0.383 e. The monoisotopic (exact) mass is 367 g/mol. The summed E-state index contributed by atoms with van der Waals surface area (Å²) in [5, 5.41) is 6.07. The number of nitrogens with one attached hydrogen (secondary N) is 2. The van der Waals surface area contributed by atoms with Crippen LogP contribution in [0.25, 0.3) is 6.08 Å². The van der Waals surface area contributed by atoms with Crippen molar-refractivity contribution in [3.8, 4) is 0 Å². The third-order valence-electron chi connectivity index (χ3n) is 3.95. The normalized spacial score (nSPS) is 15.3. The maximum absolute atomic E-state index is 12.3. The van der Waals surface area contributed by atoms with Crippen LogP contribution in [0.4, 0.5) is 0 Å². The molecule has 2 N–H and O–H groups in total. The van der Waals surface area contributed by atoms with E-state index in [0.29, 0.717) is 19.7 Å². The van der Waals surface area contributed by atoms with Gasteiger partial charge in [0.25, 0.3) is 0 Å². The van der Waals surface area contributed by atoms with E-state index in [1.165, 1.54) is 6.92 Å². The zero-order chi connectivity index (χ0) is 17.4. The minimum absolute atomic E-state index is 0. The van der Waals surface area contributed by atoms with E-state index < -0.39 is 0 Å². The number of amides is 2. The van der Waals surface area contributed by atoms with Crippen LogP contribution in [0.3, 0.4) is 0 Å². The molecule has 0 radical (unpaired) electrons. The first-order valence-corrected chi connectivity index (χ1v) is 8.16. The predicted octanol–water partition coefficient (Wildman–Crippen LogP) is 1.72. The van der Waals surface area contributed by atoms with Gasteiger partial charge in [0.1, 0.15) is 0 Å². The Morgan fingerprint density at radius 2 is 1.96 bits per heavy atom. The van der Waals surface area contributed by atoms with Gasteiger partial charge in [-0.25, -0.2) is 0 Å². The first-order valence-electron chi connectivity index (χ1n) is 8.16. The zero-order valence-electron chi connectivity index (χ0n) is 14.7. The molecule has 1 aliphatic rings. The van der Waals surface area contributed by atoms with Gasteiger partial charge < -0.3 is 20.3 Å². The number of carbonyl (C=O) groups is 2. The van der Waals surface area contributed by atoms with E-state index in [0.717, 1.165) is 17.7 Å². The van der Waals surface area contributed by atoms with E-state index in [4.69, 9.17) is 4.74 Å². The quantitative estimate of drug-likeness (QED) is 0.686. The molecule has 2 rings (SSSR count). The van der Waals surface area contributed by atoms with Crippen LogP contribution in [0, 0.1) is 0 Å². The number of halogens is 1. The minimum atomic E-state index is -0.259. The Morgan fingerprint density at radius 1 is 1.20 bits per heavy atom. The Morgan fingerprint density at radius 3 is 2.68 bits per heavy atom.